The van der Waals surface area contributed by atoms with E-state index in [0.29, 0.717) is 45.9 Å². The lowest BCUT2D eigenvalue weighted by molar-refractivity contribution is -0.120. The van der Waals surface area contributed by atoms with Gasteiger partial charge in [0.1, 0.15) is 17.2 Å². The van der Waals surface area contributed by atoms with Crippen LogP contribution >= 0.6 is 0 Å². The molecular formula is C26H30N2O4. The minimum absolute atomic E-state index is 0.300. The number of methoxy groups -OCH3 is 2. The van der Waals surface area contributed by atoms with Crippen LogP contribution in [0.3, 0.4) is 0 Å². The Morgan fingerprint density at radius 1 is 0.875 bits per heavy atom. The summed E-state index contributed by atoms with van der Waals surface area (Å²) < 4.78 is 10.8. The quantitative estimate of drug-likeness (QED) is 0.658. The Hall–Kier alpha value is -3.28. The molecule has 0 N–H and O–H groups in total. The molecular weight excluding hydrogens is 404 g/mol. The molecule has 2 aliphatic rings. The largest absolute Gasteiger partial charge is 0.497 e. The van der Waals surface area contributed by atoms with Gasteiger partial charge in [-0.3, -0.25) is 9.59 Å². The predicted octanol–water partition coefficient (Wildman–Crippen LogP) is 4.27. The van der Waals surface area contributed by atoms with Crippen LogP contribution in [-0.4, -0.2) is 44.0 Å². The van der Waals surface area contributed by atoms with Crippen LogP contribution in [0.2, 0.25) is 0 Å². The molecule has 6 heteroatoms. The van der Waals surface area contributed by atoms with Crippen molar-refractivity contribution < 1.29 is 19.1 Å². The minimum Gasteiger partial charge on any atom is -0.497 e. The summed E-state index contributed by atoms with van der Waals surface area (Å²) in [6, 6.07) is 12.8. The SMILES string of the molecule is COc1ccc(C2=C(N3CC(C)CC(C)C3)C(=O)N(c3cc(C)ccc3OC)C2=O)cc1. The molecule has 6 nitrogen and oxygen atoms in total. The third-order valence-corrected chi connectivity index (χ3v) is 6.20. The average molecular weight is 435 g/mol. The fourth-order valence-electron chi connectivity index (χ4n) is 4.87. The summed E-state index contributed by atoms with van der Waals surface area (Å²) in [5, 5.41) is 0. The number of carbonyl (C=O) groups is 2. The van der Waals surface area contributed by atoms with Crippen LogP contribution in [0.4, 0.5) is 5.69 Å². The molecule has 0 bridgehead atoms. The number of carbonyl (C=O) groups excluding carboxylic acids is 2. The highest BCUT2D eigenvalue weighted by molar-refractivity contribution is 6.45. The van der Waals surface area contributed by atoms with Crippen LogP contribution in [-0.2, 0) is 9.59 Å². The zero-order valence-corrected chi connectivity index (χ0v) is 19.3. The molecule has 0 aromatic heterocycles. The lowest BCUT2D eigenvalue weighted by Gasteiger charge is -2.37. The van der Waals surface area contributed by atoms with Gasteiger partial charge in [-0.15, -0.1) is 0 Å². The summed E-state index contributed by atoms with van der Waals surface area (Å²) in [4.78, 5) is 31.0. The number of amides is 2. The molecule has 2 aromatic carbocycles. The molecule has 1 saturated heterocycles. The Morgan fingerprint density at radius 2 is 1.53 bits per heavy atom. The number of likely N-dealkylation sites (tertiary alicyclic amines) is 1. The fourth-order valence-corrected chi connectivity index (χ4v) is 4.87. The number of ether oxygens (including phenoxy) is 2. The number of imide groups is 1. The summed E-state index contributed by atoms with van der Waals surface area (Å²) >= 11 is 0. The number of anilines is 1. The third kappa shape index (κ3) is 3.85. The van der Waals surface area contributed by atoms with Crippen molar-refractivity contribution in [2.24, 2.45) is 11.8 Å². The number of benzene rings is 2. The van der Waals surface area contributed by atoms with Gasteiger partial charge >= 0.3 is 0 Å². The summed E-state index contributed by atoms with van der Waals surface area (Å²) in [6.45, 7) is 7.81. The van der Waals surface area contributed by atoms with Gasteiger partial charge in [0.15, 0.2) is 0 Å². The van der Waals surface area contributed by atoms with Crippen molar-refractivity contribution in [2.75, 3.05) is 32.2 Å². The lowest BCUT2D eigenvalue weighted by atomic mass is 9.91. The minimum atomic E-state index is -0.329. The van der Waals surface area contributed by atoms with E-state index in [9.17, 15) is 9.59 Å². The third-order valence-electron chi connectivity index (χ3n) is 6.20. The average Bonchev–Trinajstić information content (AvgIpc) is 3.03. The van der Waals surface area contributed by atoms with E-state index in [2.05, 4.69) is 18.7 Å². The zero-order valence-electron chi connectivity index (χ0n) is 19.3. The van der Waals surface area contributed by atoms with E-state index in [4.69, 9.17) is 9.47 Å². The van der Waals surface area contributed by atoms with Crippen molar-refractivity contribution in [1.82, 2.24) is 4.90 Å². The predicted molar refractivity (Wildman–Crippen MR) is 125 cm³/mol. The molecule has 0 spiro atoms. The number of piperidine rings is 1. The number of aryl methyl sites for hydroxylation is 1. The molecule has 2 aromatic rings. The molecule has 2 unspecified atom stereocenters. The standard InChI is InChI=1S/C26H30N2O4/c1-16-6-11-22(32-5)21(13-16)28-25(29)23(19-7-9-20(31-4)10-8-19)24(26(28)30)27-14-17(2)12-18(3)15-27/h6-11,13,17-18H,12,14-15H2,1-5H3. The van der Waals surface area contributed by atoms with Gasteiger partial charge in [-0.25, -0.2) is 4.90 Å². The van der Waals surface area contributed by atoms with Crippen LogP contribution in [0.15, 0.2) is 48.2 Å². The molecule has 2 heterocycles. The molecule has 0 radical (unpaired) electrons. The number of hydrogen-bond acceptors (Lipinski definition) is 5. The van der Waals surface area contributed by atoms with Gasteiger partial charge in [0.2, 0.25) is 0 Å². The molecule has 0 aliphatic carbocycles. The Kier molecular flexibility index (Phi) is 5.96. The summed E-state index contributed by atoms with van der Waals surface area (Å²) in [7, 11) is 3.15. The Balaban J connectivity index is 1.86. The van der Waals surface area contributed by atoms with Crippen LogP contribution in [0.25, 0.3) is 5.57 Å². The molecule has 168 valence electrons. The number of nitrogens with zero attached hydrogens (tertiary/aromatic N) is 2. The van der Waals surface area contributed by atoms with Gasteiger partial charge in [-0.05, 0) is 60.6 Å². The van der Waals surface area contributed by atoms with E-state index in [-0.39, 0.29) is 11.8 Å². The molecule has 4 rings (SSSR count). The second kappa shape index (κ2) is 8.69. The first-order valence-corrected chi connectivity index (χ1v) is 11.0. The van der Waals surface area contributed by atoms with E-state index >= 15 is 0 Å². The normalized spacial score (nSPS) is 21.4. The van der Waals surface area contributed by atoms with Crippen LogP contribution in [0.5, 0.6) is 11.5 Å². The second-order valence-electron chi connectivity index (χ2n) is 8.92. The second-order valence-corrected chi connectivity index (χ2v) is 8.92. The van der Waals surface area contributed by atoms with Gasteiger partial charge in [0, 0.05) is 13.1 Å². The molecule has 2 aliphatic heterocycles. The van der Waals surface area contributed by atoms with E-state index in [1.807, 2.05) is 43.3 Å². The summed E-state index contributed by atoms with van der Waals surface area (Å²) in [5.74, 6) is 1.44. The zero-order chi connectivity index (χ0) is 23.0. The van der Waals surface area contributed by atoms with E-state index in [0.717, 1.165) is 25.1 Å². The highest BCUT2D eigenvalue weighted by atomic mass is 16.5. The van der Waals surface area contributed by atoms with Gasteiger partial charge in [0.25, 0.3) is 11.8 Å². The van der Waals surface area contributed by atoms with Gasteiger partial charge in [0.05, 0.1) is 25.5 Å². The fraction of sp³-hybridized carbons (Fsp3) is 0.385. The van der Waals surface area contributed by atoms with Gasteiger partial charge < -0.3 is 14.4 Å². The van der Waals surface area contributed by atoms with E-state index in [1.54, 1.807) is 20.3 Å². The topological polar surface area (TPSA) is 59.1 Å². The van der Waals surface area contributed by atoms with E-state index in [1.165, 1.54) is 4.90 Å². The Bertz CT molecular complexity index is 1060. The summed E-state index contributed by atoms with van der Waals surface area (Å²) in [6.07, 6.45) is 1.11. The van der Waals surface area contributed by atoms with Crippen molar-refractivity contribution in [3.8, 4) is 11.5 Å². The molecule has 0 saturated carbocycles. The molecule has 32 heavy (non-hydrogen) atoms. The van der Waals surface area contributed by atoms with Crippen molar-refractivity contribution in [3.63, 3.8) is 0 Å². The van der Waals surface area contributed by atoms with Crippen molar-refractivity contribution in [2.45, 2.75) is 27.2 Å². The first kappa shape index (κ1) is 21.9. The van der Waals surface area contributed by atoms with Crippen molar-refractivity contribution in [1.29, 1.82) is 0 Å². The molecule has 1 fully saturated rings. The molecule has 2 amide bonds. The van der Waals surface area contributed by atoms with Crippen LogP contribution in [0, 0.1) is 18.8 Å². The first-order valence-electron chi connectivity index (χ1n) is 11.0. The maximum Gasteiger partial charge on any atom is 0.282 e. The monoisotopic (exact) mass is 434 g/mol. The highest BCUT2D eigenvalue weighted by Gasteiger charge is 2.44. The molecule has 2 atom stereocenters. The van der Waals surface area contributed by atoms with E-state index < -0.39 is 0 Å². The maximum absolute atomic E-state index is 13.8. The Labute approximate surface area is 189 Å². The first-order chi connectivity index (χ1) is 15.3. The number of hydrogen-bond donors (Lipinski definition) is 0. The summed E-state index contributed by atoms with van der Waals surface area (Å²) in [5.41, 5.74) is 3.03. The maximum atomic E-state index is 13.8. The van der Waals surface area contributed by atoms with Crippen molar-refractivity contribution in [3.05, 3.63) is 59.3 Å². The highest BCUT2D eigenvalue weighted by Crippen LogP contribution is 2.40. The lowest BCUT2D eigenvalue weighted by Crippen LogP contribution is -2.42. The van der Waals surface area contributed by atoms with Gasteiger partial charge in [-0.1, -0.05) is 32.0 Å². The van der Waals surface area contributed by atoms with Crippen LogP contribution in [0.1, 0.15) is 31.4 Å². The van der Waals surface area contributed by atoms with Crippen molar-refractivity contribution >= 4 is 23.1 Å². The van der Waals surface area contributed by atoms with Gasteiger partial charge in [-0.2, -0.15) is 0 Å². The Morgan fingerprint density at radius 3 is 2.12 bits per heavy atom. The van der Waals surface area contributed by atoms with Crippen LogP contribution < -0.4 is 14.4 Å². The smallest absolute Gasteiger partial charge is 0.282 e. The number of rotatable bonds is 5.